The molecule has 0 bridgehead atoms. The number of carbonyl (C=O) groups is 1. The lowest BCUT2D eigenvalue weighted by molar-refractivity contribution is -0.114. The first kappa shape index (κ1) is 23.1. The minimum Gasteiger partial charge on any atom is -0.497 e. The quantitative estimate of drug-likeness (QED) is 0.553. The van der Waals surface area contributed by atoms with Crippen LogP contribution in [0.15, 0.2) is 71.6 Å². The van der Waals surface area contributed by atoms with Gasteiger partial charge in [0.15, 0.2) is 0 Å². The number of methoxy groups -OCH3 is 2. The Balaban J connectivity index is 2.00. The van der Waals surface area contributed by atoms with Crippen molar-refractivity contribution in [3.63, 3.8) is 0 Å². The molecule has 32 heavy (non-hydrogen) atoms. The molecule has 0 saturated heterocycles. The summed E-state index contributed by atoms with van der Waals surface area (Å²) in [5.41, 5.74) is 2.53. The summed E-state index contributed by atoms with van der Waals surface area (Å²) in [5.74, 6) is 0.449. The van der Waals surface area contributed by atoms with E-state index in [2.05, 4.69) is 5.32 Å². The lowest BCUT2D eigenvalue weighted by Crippen LogP contribution is -2.38. The lowest BCUT2D eigenvalue weighted by Gasteiger charge is -2.26. The molecule has 0 spiro atoms. The van der Waals surface area contributed by atoms with E-state index in [4.69, 9.17) is 9.47 Å². The highest BCUT2D eigenvalue weighted by molar-refractivity contribution is 7.92. The van der Waals surface area contributed by atoms with Crippen LogP contribution in [0, 0.1) is 13.8 Å². The van der Waals surface area contributed by atoms with Gasteiger partial charge in [-0.15, -0.1) is 0 Å². The summed E-state index contributed by atoms with van der Waals surface area (Å²) in [4.78, 5) is 13.1. The summed E-state index contributed by atoms with van der Waals surface area (Å²) >= 11 is 0. The van der Waals surface area contributed by atoms with Crippen molar-refractivity contribution in [3.8, 4) is 11.5 Å². The van der Waals surface area contributed by atoms with Crippen LogP contribution in [0.2, 0.25) is 0 Å². The number of hydrogen-bond acceptors (Lipinski definition) is 5. The van der Waals surface area contributed by atoms with Crippen LogP contribution < -0.4 is 19.1 Å². The molecule has 3 rings (SSSR count). The molecule has 3 aromatic carbocycles. The Labute approximate surface area is 188 Å². The van der Waals surface area contributed by atoms with Gasteiger partial charge in [-0.1, -0.05) is 30.3 Å². The van der Waals surface area contributed by atoms with E-state index >= 15 is 0 Å². The molecule has 1 N–H and O–H groups in total. The van der Waals surface area contributed by atoms with Crippen molar-refractivity contribution in [1.82, 2.24) is 0 Å². The molecule has 0 aliphatic heterocycles. The normalized spacial score (nSPS) is 11.0. The fourth-order valence-corrected chi connectivity index (χ4v) is 4.76. The third-order valence-electron chi connectivity index (χ3n) is 5.14. The van der Waals surface area contributed by atoms with Crippen molar-refractivity contribution in [3.05, 3.63) is 77.9 Å². The number of carbonyl (C=O) groups excluding carboxylic acids is 1. The Morgan fingerprint density at radius 3 is 2.31 bits per heavy atom. The third kappa shape index (κ3) is 4.86. The lowest BCUT2D eigenvalue weighted by atomic mass is 10.1. The van der Waals surface area contributed by atoms with Gasteiger partial charge in [-0.25, -0.2) is 8.42 Å². The molecule has 7 nitrogen and oxygen atoms in total. The zero-order valence-corrected chi connectivity index (χ0v) is 19.3. The monoisotopic (exact) mass is 454 g/mol. The molecule has 8 heteroatoms. The summed E-state index contributed by atoms with van der Waals surface area (Å²) in [6, 6.07) is 18.4. The fraction of sp³-hybridized carbons (Fsp3) is 0.208. The highest BCUT2D eigenvalue weighted by atomic mass is 32.2. The average molecular weight is 455 g/mol. The molecule has 0 aromatic heterocycles. The molecule has 1 amide bonds. The van der Waals surface area contributed by atoms with Crippen molar-refractivity contribution in [2.45, 2.75) is 18.7 Å². The molecule has 0 heterocycles. The van der Waals surface area contributed by atoms with Gasteiger partial charge in [-0.2, -0.15) is 0 Å². The summed E-state index contributed by atoms with van der Waals surface area (Å²) in [7, 11) is -0.991. The second-order valence-electron chi connectivity index (χ2n) is 7.16. The van der Waals surface area contributed by atoms with Crippen LogP contribution in [0.3, 0.4) is 0 Å². The first-order valence-electron chi connectivity index (χ1n) is 9.94. The van der Waals surface area contributed by atoms with Crippen molar-refractivity contribution in [1.29, 1.82) is 0 Å². The zero-order chi connectivity index (χ0) is 23.3. The Bertz CT molecular complexity index is 1210. The summed E-state index contributed by atoms with van der Waals surface area (Å²) in [6.45, 7) is 3.32. The van der Waals surface area contributed by atoms with E-state index in [1.54, 1.807) is 48.5 Å². The van der Waals surface area contributed by atoms with Gasteiger partial charge < -0.3 is 14.8 Å². The number of nitrogens with one attached hydrogen (secondary N) is 1. The summed E-state index contributed by atoms with van der Waals surface area (Å²) in [6.07, 6.45) is 0. The average Bonchev–Trinajstić information content (AvgIpc) is 2.80. The van der Waals surface area contributed by atoms with E-state index in [0.29, 0.717) is 22.9 Å². The molecule has 0 unspecified atom stereocenters. The topological polar surface area (TPSA) is 84.9 Å². The van der Waals surface area contributed by atoms with Gasteiger partial charge in [-0.05, 0) is 55.3 Å². The van der Waals surface area contributed by atoms with Crippen molar-refractivity contribution < 1.29 is 22.7 Å². The first-order valence-corrected chi connectivity index (χ1v) is 11.4. The first-order chi connectivity index (χ1) is 15.3. The highest BCUT2D eigenvalue weighted by Crippen LogP contribution is 2.31. The third-order valence-corrected chi connectivity index (χ3v) is 6.92. The summed E-state index contributed by atoms with van der Waals surface area (Å²) in [5, 5.41) is 2.74. The van der Waals surface area contributed by atoms with Crippen LogP contribution in [0.1, 0.15) is 11.1 Å². The van der Waals surface area contributed by atoms with Gasteiger partial charge in [0.2, 0.25) is 5.91 Å². The molecule has 168 valence electrons. The van der Waals surface area contributed by atoms with E-state index < -0.39 is 22.5 Å². The Kier molecular flexibility index (Phi) is 7.05. The van der Waals surface area contributed by atoms with Crippen LogP contribution >= 0.6 is 0 Å². The van der Waals surface area contributed by atoms with Crippen molar-refractivity contribution in [2.24, 2.45) is 0 Å². The van der Waals surface area contributed by atoms with E-state index in [9.17, 15) is 13.2 Å². The van der Waals surface area contributed by atoms with E-state index in [0.717, 1.165) is 15.4 Å². The van der Waals surface area contributed by atoms with Gasteiger partial charge in [0.1, 0.15) is 18.0 Å². The molecule has 3 aromatic rings. The Morgan fingerprint density at radius 1 is 0.938 bits per heavy atom. The maximum atomic E-state index is 13.5. The maximum absolute atomic E-state index is 13.5. The van der Waals surface area contributed by atoms with Crippen LogP contribution in [-0.2, 0) is 14.8 Å². The molecule has 0 saturated carbocycles. The number of sulfonamides is 1. The van der Waals surface area contributed by atoms with Crippen molar-refractivity contribution in [2.75, 3.05) is 30.4 Å². The van der Waals surface area contributed by atoms with E-state index in [-0.39, 0.29) is 4.90 Å². The molecular formula is C24H26N2O5S. The minimum absolute atomic E-state index is 0.104. The molecule has 0 atom stereocenters. The predicted octanol–water partition coefficient (Wildman–Crippen LogP) is 4.15. The van der Waals surface area contributed by atoms with E-state index in [1.807, 2.05) is 19.9 Å². The number of aryl methyl sites for hydroxylation is 1. The zero-order valence-electron chi connectivity index (χ0n) is 18.5. The number of rotatable bonds is 8. The van der Waals surface area contributed by atoms with Crippen LogP contribution in [0.5, 0.6) is 11.5 Å². The smallest absolute Gasteiger partial charge is 0.264 e. The molecule has 0 fully saturated rings. The molecule has 0 aliphatic carbocycles. The van der Waals surface area contributed by atoms with Crippen LogP contribution in [0.25, 0.3) is 0 Å². The minimum atomic E-state index is -3.99. The SMILES string of the molecule is COc1ccc(OC)c(NC(=O)CN(c2cccc(C)c2C)S(=O)(=O)c2ccccc2)c1. The van der Waals surface area contributed by atoms with E-state index in [1.165, 1.54) is 26.4 Å². The molecule has 0 aliphatic rings. The number of benzene rings is 3. The van der Waals surface area contributed by atoms with Gasteiger partial charge in [0, 0.05) is 6.07 Å². The maximum Gasteiger partial charge on any atom is 0.264 e. The second kappa shape index (κ2) is 9.74. The predicted molar refractivity (Wildman–Crippen MR) is 125 cm³/mol. The standard InChI is InChI=1S/C24H26N2O5S/c1-17-9-8-12-22(18(17)2)26(32(28,29)20-10-6-5-7-11-20)16-24(27)25-21-15-19(30-3)13-14-23(21)31-4/h5-15H,16H2,1-4H3,(H,25,27). The van der Waals surface area contributed by atoms with Gasteiger partial charge in [0.05, 0.1) is 30.5 Å². The number of amides is 1. The second-order valence-corrected chi connectivity index (χ2v) is 9.02. The molecule has 0 radical (unpaired) electrons. The Morgan fingerprint density at radius 2 is 1.66 bits per heavy atom. The molecular weight excluding hydrogens is 428 g/mol. The number of hydrogen-bond donors (Lipinski definition) is 1. The number of ether oxygens (including phenoxy) is 2. The largest absolute Gasteiger partial charge is 0.497 e. The highest BCUT2D eigenvalue weighted by Gasteiger charge is 2.28. The van der Waals surface area contributed by atoms with Gasteiger partial charge in [-0.3, -0.25) is 9.10 Å². The number of nitrogens with zero attached hydrogens (tertiary/aromatic N) is 1. The van der Waals surface area contributed by atoms with Crippen LogP contribution in [-0.4, -0.2) is 35.1 Å². The van der Waals surface area contributed by atoms with Crippen LogP contribution in [0.4, 0.5) is 11.4 Å². The number of anilines is 2. The summed E-state index contributed by atoms with van der Waals surface area (Å²) < 4.78 is 38.7. The van der Waals surface area contributed by atoms with Gasteiger partial charge >= 0.3 is 0 Å². The Hall–Kier alpha value is -3.52. The van der Waals surface area contributed by atoms with Gasteiger partial charge in [0.25, 0.3) is 10.0 Å². The fourth-order valence-electron chi connectivity index (χ4n) is 3.26. The van der Waals surface area contributed by atoms with Crippen molar-refractivity contribution >= 4 is 27.3 Å².